The van der Waals surface area contributed by atoms with Crippen LogP contribution in [0.2, 0.25) is 0 Å². The second-order valence-corrected chi connectivity index (χ2v) is 9.09. The molecule has 1 aromatic carbocycles. The van der Waals surface area contributed by atoms with Crippen molar-refractivity contribution in [3.05, 3.63) is 59.7 Å². The van der Waals surface area contributed by atoms with Crippen LogP contribution < -0.4 is 0 Å². The molecule has 4 atom stereocenters. The van der Waals surface area contributed by atoms with E-state index >= 15 is 0 Å². The topological polar surface area (TPSA) is 40.5 Å². The normalized spacial score (nSPS) is 22.0. The van der Waals surface area contributed by atoms with Gasteiger partial charge in [-0.3, -0.25) is 0 Å². The van der Waals surface area contributed by atoms with Gasteiger partial charge in [0.2, 0.25) is 0 Å². The molecule has 168 valence electrons. The molecule has 0 spiro atoms. The van der Waals surface area contributed by atoms with Crippen LogP contribution in [-0.2, 0) is 12.8 Å². The number of aryl methyl sites for hydroxylation is 1. The number of aliphatic hydroxyl groups excluding tert-OH is 2. The van der Waals surface area contributed by atoms with Gasteiger partial charge in [-0.25, -0.2) is 0 Å². The van der Waals surface area contributed by atoms with Crippen molar-refractivity contribution in [2.45, 2.75) is 103 Å². The molecule has 2 nitrogen and oxygen atoms in total. The predicted octanol–water partition coefficient (Wildman–Crippen LogP) is 6.79. The zero-order chi connectivity index (χ0) is 21.6. The first-order valence-corrected chi connectivity index (χ1v) is 12.4. The van der Waals surface area contributed by atoms with Gasteiger partial charge >= 0.3 is 0 Å². The monoisotopic (exact) mass is 412 g/mol. The summed E-state index contributed by atoms with van der Waals surface area (Å²) in [6.45, 7) is 4.42. The van der Waals surface area contributed by atoms with Crippen molar-refractivity contribution >= 4 is 0 Å². The Balaban J connectivity index is 1.87. The van der Waals surface area contributed by atoms with E-state index in [0.29, 0.717) is 18.3 Å². The van der Waals surface area contributed by atoms with Gasteiger partial charge in [0.05, 0.1) is 12.2 Å². The van der Waals surface area contributed by atoms with Crippen molar-refractivity contribution < 1.29 is 10.2 Å². The molecule has 2 heteroatoms. The maximum Gasteiger partial charge on any atom is 0.0764 e. The third kappa shape index (κ3) is 8.78. The number of rotatable bonds is 13. The van der Waals surface area contributed by atoms with Crippen LogP contribution in [0.4, 0.5) is 0 Å². The standard InChI is InChI=1S/C28H44O2/c1-3-5-7-14-23-15-8-9-18-25(23)22-26(29)19-12-10-16-24-17-11-13-20-27(24)28(30)21-6-4-2/h8-10,12,15-16,18-19,24,26-30H,3-7,11,13-14,17,20-22H2,1-2H3/b16-10+,19-12+. The minimum absolute atomic E-state index is 0.168. The lowest BCUT2D eigenvalue weighted by Crippen LogP contribution is -2.29. The van der Waals surface area contributed by atoms with Gasteiger partial charge in [-0.05, 0) is 55.1 Å². The van der Waals surface area contributed by atoms with E-state index in [1.165, 1.54) is 49.7 Å². The van der Waals surface area contributed by atoms with Gasteiger partial charge in [0, 0.05) is 6.42 Å². The molecule has 1 saturated carbocycles. The van der Waals surface area contributed by atoms with Gasteiger partial charge in [0.25, 0.3) is 0 Å². The first-order valence-electron chi connectivity index (χ1n) is 12.4. The highest BCUT2D eigenvalue weighted by molar-refractivity contribution is 5.28. The van der Waals surface area contributed by atoms with Crippen molar-refractivity contribution in [2.75, 3.05) is 0 Å². The summed E-state index contributed by atoms with van der Waals surface area (Å²) in [4.78, 5) is 0. The van der Waals surface area contributed by atoms with Crippen molar-refractivity contribution in [3.63, 3.8) is 0 Å². The molecule has 1 aromatic rings. The number of aliphatic hydroxyl groups is 2. The maximum absolute atomic E-state index is 10.6. The second-order valence-electron chi connectivity index (χ2n) is 9.09. The summed E-state index contributed by atoms with van der Waals surface area (Å²) in [7, 11) is 0. The summed E-state index contributed by atoms with van der Waals surface area (Å²) < 4.78 is 0. The van der Waals surface area contributed by atoms with Gasteiger partial charge in [-0.1, -0.05) is 101 Å². The van der Waals surface area contributed by atoms with Crippen LogP contribution in [0.3, 0.4) is 0 Å². The zero-order valence-electron chi connectivity index (χ0n) is 19.3. The molecule has 1 aliphatic carbocycles. The van der Waals surface area contributed by atoms with Gasteiger partial charge in [0.15, 0.2) is 0 Å². The lowest BCUT2D eigenvalue weighted by atomic mass is 9.75. The first kappa shape index (κ1) is 24.9. The highest BCUT2D eigenvalue weighted by Gasteiger charge is 2.28. The average molecular weight is 413 g/mol. The third-order valence-electron chi connectivity index (χ3n) is 6.62. The number of hydrogen-bond donors (Lipinski definition) is 2. The number of unbranched alkanes of at least 4 members (excludes halogenated alkanes) is 3. The first-order chi connectivity index (χ1) is 14.7. The Morgan fingerprint density at radius 2 is 1.67 bits per heavy atom. The fourth-order valence-corrected chi connectivity index (χ4v) is 4.79. The van der Waals surface area contributed by atoms with Crippen molar-refractivity contribution in [3.8, 4) is 0 Å². The lowest BCUT2D eigenvalue weighted by Gasteiger charge is -2.33. The lowest BCUT2D eigenvalue weighted by molar-refractivity contribution is 0.0539. The Bertz CT molecular complexity index is 633. The number of benzene rings is 1. The Labute approximate surface area is 185 Å². The molecule has 4 unspecified atom stereocenters. The quantitative estimate of drug-likeness (QED) is 0.276. The van der Waals surface area contributed by atoms with E-state index in [0.717, 1.165) is 32.1 Å². The summed E-state index contributed by atoms with van der Waals surface area (Å²) in [5.74, 6) is 0.863. The Kier molecular flexibility index (Phi) is 12.1. The van der Waals surface area contributed by atoms with E-state index in [1.54, 1.807) is 0 Å². The molecule has 0 amide bonds. The smallest absolute Gasteiger partial charge is 0.0764 e. The van der Waals surface area contributed by atoms with Crippen LogP contribution in [0, 0.1) is 11.8 Å². The van der Waals surface area contributed by atoms with Crippen LogP contribution in [0.25, 0.3) is 0 Å². The molecule has 30 heavy (non-hydrogen) atoms. The fourth-order valence-electron chi connectivity index (χ4n) is 4.79. The Morgan fingerprint density at radius 3 is 2.43 bits per heavy atom. The molecular weight excluding hydrogens is 368 g/mol. The summed E-state index contributed by atoms with van der Waals surface area (Å²) in [6, 6.07) is 8.53. The van der Waals surface area contributed by atoms with E-state index in [9.17, 15) is 10.2 Å². The highest BCUT2D eigenvalue weighted by atomic mass is 16.3. The fraction of sp³-hybridized carbons (Fsp3) is 0.643. The molecule has 1 aliphatic rings. The summed E-state index contributed by atoms with van der Waals surface area (Å²) in [6.07, 6.45) is 21.1. The van der Waals surface area contributed by atoms with Crippen LogP contribution in [0.5, 0.6) is 0 Å². The Hall–Kier alpha value is -1.38. The van der Waals surface area contributed by atoms with Gasteiger partial charge in [-0.2, -0.15) is 0 Å². The SMILES string of the molecule is CCCCCc1ccccc1CC(O)/C=C/C=C/C1CCCCC1C(O)CCCC. The predicted molar refractivity (Wildman–Crippen MR) is 129 cm³/mol. The van der Waals surface area contributed by atoms with E-state index in [1.807, 2.05) is 12.2 Å². The van der Waals surface area contributed by atoms with E-state index < -0.39 is 6.10 Å². The van der Waals surface area contributed by atoms with Crippen molar-refractivity contribution in [1.29, 1.82) is 0 Å². The minimum Gasteiger partial charge on any atom is -0.393 e. The number of allylic oxidation sites excluding steroid dienone is 3. The molecule has 2 rings (SSSR count). The van der Waals surface area contributed by atoms with Crippen LogP contribution in [0.1, 0.15) is 89.2 Å². The van der Waals surface area contributed by atoms with E-state index in [-0.39, 0.29) is 6.10 Å². The summed E-state index contributed by atoms with van der Waals surface area (Å²) in [5.41, 5.74) is 2.64. The molecule has 0 heterocycles. The third-order valence-corrected chi connectivity index (χ3v) is 6.62. The maximum atomic E-state index is 10.6. The average Bonchev–Trinajstić information content (AvgIpc) is 2.76. The second kappa shape index (κ2) is 14.6. The molecule has 0 aromatic heterocycles. The number of hydrogen-bond acceptors (Lipinski definition) is 2. The molecule has 1 fully saturated rings. The van der Waals surface area contributed by atoms with Crippen LogP contribution >= 0.6 is 0 Å². The molecule has 0 aliphatic heterocycles. The summed E-state index contributed by atoms with van der Waals surface area (Å²) in [5, 5.41) is 21.1. The van der Waals surface area contributed by atoms with Crippen molar-refractivity contribution in [1.82, 2.24) is 0 Å². The van der Waals surface area contributed by atoms with Crippen LogP contribution in [-0.4, -0.2) is 22.4 Å². The van der Waals surface area contributed by atoms with Crippen molar-refractivity contribution in [2.24, 2.45) is 11.8 Å². The van der Waals surface area contributed by atoms with Gasteiger partial charge < -0.3 is 10.2 Å². The summed E-state index contributed by atoms with van der Waals surface area (Å²) >= 11 is 0. The van der Waals surface area contributed by atoms with Gasteiger partial charge in [0.1, 0.15) is 0 Å². The van der Waals surface area contributed by atoms with Crippen LogP contribution in [0.15, 0.2) is 48.6 Å². The van der Waals surface area contributed by atoms with E-state index in [2.05, 4.69) is 50.3 Å². The molecule has 2 N–H and O–H groups in total. The molecular formula is C28H44O2. The minimum atomic E-state index is -0.459. The molecule has 0 radical (unpaired) electrons. The molecule has 0 bridgehead atoms. The van der Waals surface area contributed by atoms with Gasteiger partial charge in [-0.15, -0.1) is 0 Å². The zero-order valence-corrected chi connectivity index (χ0v) is 19.3. The highest BCUT2D eigenvalue weighted by Crippen LogP contribution is 2.34. The largest absolute Gasteiger partial charge is 0.393 e. The molecule has 0 saturated heterocycles. The Morgan fingerprint density at radius 1 is 0.933 bits per heavy atom. The van der Waals surface area contributed by atoms with E-state index in [4.69, 9.17) is 0 Å².